The maximum absolute atomic E-state index is 12.3. The fourth-order valence-electron chi connectivity index (χ4n) is 4.33. The zero-order valence-corrected chi connectivity index (χ0v) is 23.4. The van der Waals surface area contributed by atoms with Gasteiger partial charge in [-0.05, 0) is 38.7 Å². The minimum Gasteiger partial charge on any atom is -0.491 e. The molecule has 204 valence electrons. The van der Waals surface area contributed by atoms with E-state index in [2.05, 4.69) is 66.8 Å². The summed E-state index contributed by atoms with van der Waals surface area (Å²) in [6.07, 6.45) is 5.75. The number of aromatic nitrogens is 3. The van der Waals surface area contributed by atoms with E-state index in [1.165, 1.54) is 6.08 Å². The van der Waals surface area contributed by atoms with Crippen LogP contribution in [0.5, 0.6) is 5.75 Å². The summed E-state index contributed by atoms with van der Waals surface area (Å²) < 4.78 is 8.25. The number of rotatable bonds is 12. The number of aryl methyl sites for hydroxylation is 1. The van der Waals surface area contributed by atoms with E-state index >= 15 is 0 Å². The van der Waals surface area contributed by atoms with Gasteiger partial charge in [0.1, 0.15) is 17.9 Å². The van der Waals surface area contributed by atoms with Gasteiger partial charge in [0.25, 0.3) is 0 Å². The van der Waals surface area contributed by atoms with Crippen molar-refractivity contribution in [2.45, 2.75) is 13.3 Å². The largest absolute Gasteiger partial charge is 0.491 e. The Morgan fingerprint density at radius 3 is 2.64 bits per heavy atom. The zero-order chi connectivity index (χ0) is 27.9. The van der Waals surface area contributed by atoms with E-state index in [1.54, 1.807) is 6.33 Å². The Bertz CT molecular complexity index is 1460. The molecule has 2 aromatic heterocycles. The van der Waals surface area contributed by atoms with Crippen LogP contribution in [0.1, 0.15) is 13.3 Å². The van der Waals surface area contributed by atoms with Gasteiger partial charge in [0.05, 0.1) is 29.4 Å². The molecule has 0 spiro atoms. The summed E-state index contributed by atoms with van der Waals surface area (Å²) >= 11 is 0. The van der Waals surface area contributed by atoms with Gasteiger partial charge in [-0.3, -0.25) is 4.79 Å². The molecule has 0 aliphatic carbocycles. The molecule has 2 N–H and O–H groups in total. The van der Waals surface area contributed by atoms with Gasteiger partial charge < -0.3 is 29.7 Å². The number of ether oxygens (including phenoxy) is 1. The van der Waals surface area contributed by atoms with Crippen molar-refractivity contribution in [2.24, 2.45) is 7.05 Å². The summed E-state index contributed by atoms with van der Waals surface area (Å²) in [5, 5.41) is 7.48. The summed E-state index contributed by atoms with van der Waals surface area (Å²) in [4.78, 5) is 25.6. The van der Waals surface area contributed by atoms with Crippen LogP contribution in [0.3, 0.4) is 0 Å². The maximum Gasteiger partial charge on any atom is 0.247 e. The smallest absolute Gasteiger partial charge is 0.247 e. The lowest BCUT2D eigenvalue weighted by atomic mass is 10.1. The molecular weight excluding hydrogens is 490 g/mol. The molecule has 0 saturated carbocycles. The second-order valence-corrected chi connectivity index (χ2v) is 9.72. The first-order chi connectivity index (χ1) is 18.8. The van der Waals surface area contributed by atoms with E-state index in [0.29, 0.717) is 29.5 Å². The third-order valence-corrected chi connectivity index (χ3v) is 6.40. The van der Waals surface area contributed by atoms with Crippen molar-refractivity contribution in [3.63, 3.8) is 0 Å². The highest BCUT2D eigenvalue weighted by Crippen LogP contribution is 2.39. The lowest BCUT2D eigenvalue weighted by Gasteiger charge is -2.26. The molecule has 0 radical (unpaired) electrons. The van der Waals surface area contributed by atoms with Gasteiger partial charge in [0.2, 0.25) is 5.91 Å². The summed E-state index contributed by atoms with van der Waals surface area (Å²) in [6, 6.07) is 14.0. The van der Waals surface area contributed by atoms with E-state index in [9.17, 15) is 4.79 Å². The molecule has 4 rings (SSSR count). The van der Waals surface area contributed by atoms with Crippen molar-refractivity contribution >= 4 is 39.7 Å². The molecule has 4 aromatic rings. The zero-order valence-electron chi connectivity index (χ0n) is 23.4. The Morgan fingerprint density at radius 1 is 1.10 bits per heavy atom. The quantitative estimate of drug-likeness (QED) is 0.242. The van der Waals surface area contributed by atoms with Crippen molar-refractivity contribution in [1.82, 2.24) is 19.4 Å². The number of nitrogens with one attached hydrogen (secondary N) is 2. The number of nitrogens with zero attached hydrogens (tertiary/aromatic N) is 5. The van der Waals surface area contributed by atoms with Crippen LogP contribution in [-0.2, 0) is 11.8 Å². The summed E-state index contributed by atoms with van der Waals surface area (Å²) in [5.74, 6) is 1.00. The predicted molar refractivity (Wildman–Crippen MR) is 160 cm³/mol. The van der Waals surface area contributed by atoms with Crippen LogP contribution in [-0.4, -0.2) is 66.2 Å². The number of anilines is 4. The minimum absolute atomic E-state index is 0.286. The van der Waals surface area contributed by atoms with Crippen molar-refractivity contribution in [2.75, 3.05) is 56.4 Å². The first-order valence-electron chi connectivity index (χ1n) is 13.0. The van der Waals surface area contributed by atoms with Crippen LogP contribution in [0.15, 0.2) is 67.6 Å². The van der Waals surface area contributed by atoms with Gasteiger partial charge in [-0.25, -0.2) is 9.97 Å². The molecule has 0 atom stereocenters. The number of carbonyl (C=O) groups excluding carboxylic acids is 1. The molecule has 9 heteroatoms. The molecule has 39 heavy (non-hydrogen) atoms. The molecule has 0 aliphatic heterocycles. The lowest BCUT2D eigenvalue weighted by Crippen LogP contribution is -2.29. The second kappa shape index (κ2) is 12.4. The first kappa shape index (κ1) is 27.7. The Balaban J connectivity index is 1.74. The second-order valence-electron chi connectivity index (χ2n) is 9.72. The number of benzene rings is 2. The Kier molecular flexibility index (Phi) is 8.83. The van der Waals surface area contributed by atoms with Crippen molar-refractivity contribution in [3.8, 4) is 17.0 Å². The highest BCUT2D eigenvalue weighted by molar-refractivity contribution is 6.02. The van der Waals surface area contributed by atoms with Crippen LogP contribution < -0.4 is 20.3 Å². The fraction of sp³-hybridized carbons (Fsp3) is 0.300. The number of hydrogen-bond acceptors (Lipinski definition) is 7. The van der Waals surface area contributed by atoms with E-state index in [4.69, 9.17) is 4.74 Å². The number of hydrogen-bond donors (Lipinski definition) is 2. The van der Waals surface area contributed by atoms with Crippen LogP contribution in [0, 0.1) is 0 Å². The number of fused-ring (bicyclic) bond motifs is 1. The number of carbonyl (C=O) groups is 1. The molecule has 2 aromatic carbocycles. The van der Waals surface area contributed by atoms with Crippen LogP contribution >= 0.6 is 0 Å². The van der Waals surface area contributed by atoms with Gasteiger partial charge in [0, 0.05) is 62.0 Å². The summed E-state index contributed by atoms with van der Waals surface area (Å²) in [5.41, 5.74) is 5.15. The molecule has 0 aliphatic rings. The highest BCUT2D eigenvalue weighted by Gasteiger charge is 2.17. The van der Waals surface area contributed by atoms with Crippen LogP contribution in [0.4, 0.5) is 22.9 Å². The SMILES string of the molecule is C=CC(=O)Nc1cc(Nc2cc(-c3cn(C)c4ccccc34)ncn2)c(OCCC)cc1N(C)CCN(C)C. The summed E-state index contributed by atoms with van der Waals surface area (Å²) in [6.45, 7) is 7.85. The topological polar surface area (TPSA) is 87.5 Å². The van der Waals surface area contributed by atoms with Gasteiger partial charge in [0.15, 0.2) is 0 Å². The van der Waals surface area contributed by atoms with Crippen molar-refractivity contribution < 1.29 is 9.53 Å². The van der Waals surface area contributed by atoms with Crippen molar-refractivity contribution in [1.29, 1.82) is 0 Å². The number of amides is 1. The summed E-state index contributed by atoms with van der Waals surface area (Å²) in [7, 11) is 8.09. The average molecular weight is 528 g/mol. The predicted octanol–water partition coefficient (Wildman–Crippen LogP) is 5.29. The molecular formula is C30H37N7O2. The maximum atomic E-state index is 12.3. The Morgan fingerprint density at radius 2 is 1.90 bits per heavy atom. The van der Waals surface area contributed by atoms with Gasteiger partial charge in [-0.15, -0.1) is 0 Å². The number of para-hydroxylation sites is 1. The van der Waals surface area contributed by atoms with E-state index < -0.39 is 0 Å². The number of likely N-dealkylation sites (N-methyl/N-ethyl adjacent to an activating group) is 2. The molecule has 9 nitrogen and oxygen atoms in total. The molecule has 0 saturated heterocycles. The van der Waals surface area contributed by atoms with Crippen LogP contribution in [0.25, 0.3) is 22.2 Å². The van der Waals surface area contributed by atoms with Gasteiger partial charge in [-0.2, -0.15) is 0 Å². The van der Waals surface area contributed by atoms with Crippen LogP contribution in [0.2, 0.25) is 0 Å². The Labute approximate surface area is 230 Å². The third kappa shape index (κ3) is 6.56. The lowest BCUT2D eigenvalue weighted by molar-refractivity contribution is -0.111. The molecule has 0 unspecified atom stereocenters. The average Bonchev–Trinajstić information content (AvgIpc) is 3.27. The standard InChI is InChI=1S/C30H37N7O2/c1-7-15-39-28-18-27(36(5)14-13-35(3)4)24(34-30(38)8-2)16-25(28)33-29-17-23(31-20-32-29)22-19-37(6)26-12-10-9-11-21(22)26/h8-12,16-20H,2,7,13-15H2,1,3-6H3,(H,34,38)(H,31,32,33). The Hall–Kier alpha value is -4.37. The van der Waals surface area contributed by atoms with E-state index in [-0.39, 0.29) is 5.91 Å². The molecule has 1 amide bonds. The molecule has 0 bridgehead atoms. The fourth-order valence-corrected chi connectivity index (χ4v) is 4.33. The normalized spacial score (nSPS) is 11.0. The molecule has 0 fully saturated rings. The first-order valence-corrected chi connectivity index (χ1v) is 13.0. The molecule has 2 heterocycles. The van der Waals surface area contributed by atoms with E-state index in [1.807, 2.05) is 58.5 Å². The van der Waals surface area contributed by atoms with Gasteiger partial charge >= 0.3 is 0 Å². The van der Waals surface area contributed by atoms with Crippen molar-refractivity contribution in [3.05, 3.63) is 67.6 Å². The van der Waals surface area contributed by atoms with E-state index in [0.717, 1.165) is 47.4 Å². The van der Waals surface area contributed by atoms with Gasteiger partial charge in [-0.1, -0.05) is 31.7 Å². The minimum atomic E-state index is -0.286. The third-order valence-electron chi connectivity index (χ3n) is 6.40. The highest BCUT2D eigenvalue weighted by atomic mass is 16.5. The monoisotopic (exact) mass is 527 g/mol.